The normalized spacial score (nSPS) is 26.2. The summed E-state index contributed by atoms with van der Waals surface area (Å²) in [6.45, 7) is 6.85. The number of carbonyl (C=O) groups excluding carboxylic acids is 1. The van der Waals surface area contributed by atoms with Crippen LogP contribution in [-0.2, 0) is 10.2 Å². The zero-order chi connectivity index (χ0) is 14.8. The molecule has 1 aromatic heterocycles. The first-order valence-corrected chi connectivity index (χ1v) is 11.5. The molecule has 1 spiro atoms. The first-order valence-electron chi connectivity index (χ1n) is 8.11. The second-order valence-electron chi connectivity index (χ2n) is 7.81. The minimum atomic E-state index is -0.999. The van der Waals surface area contributed by atoms with E-state index in [9.17, 15) is 4.79 Å². The molecule has 21 heavy (non-hydrogen) atoms. The van der Waals surface area contributed by atoms with Crippen LogP contribution in [0.2, 0.25) is 25.2 Å². The predicted molar refractivity (Wildman–Crippen MR) is 85.3 cm³/mol. The smallest absolute Gasteiger partial charge is 0.239 e. The topological polar surface area (TPSA) is 46.1 Å². The maximum Gasteiger partial charge on any atom is 0.239 e. The van der Waals surface area contributed by atoms with Crippen LogP contribution in [-0.4, -0.2) is 30.0 Å². The molecular weight excluding hydrogens is 278 g/mol. The number of hydrogen-bond donors (Lipinski definition) is 0. The molecule has 4 rings (SSSR count). The molecule has 1 aromatic rings. The van der Waals surface area contributed by atoms with E-state index in [1.807, 2.05) is 13.1 Å². The Bertz CT molecular complexity index is 614. The quantitative estimate of drug-likeness (QED) is 0.749. The van der Waals surface area contributed by atoms with Crippen molar-refractivity contribution in [3.63, 3.8) is 0 Å². The van der Waals surface area contributed by atoms with Gasteiger partial charge in [0.15, 0.2) is 0 Å². The molecule has 1 saturated carbocycles. The molecule has 0 N–H and O–H groups in total. The van der Waals surface area contributed by atoms with Gasteiger partial charge in [-0.2, -0.15) is 0 Å². The zero-order valence-electron chi connectivity index (χ0n) is 13.1. The molecule has 0 bridgehead atoms. The Kier molecular flexibility index (Phi) is 2.66. The molecule has 2 aliphatic heterocycles. The molecule has 3 aliphatic rings. The third-order valence-electron chi connectivity index (χ3n) is 5.68. The van der Waals surface area contributed by atoms with Crippen molar-refractivity contribution in [3.05, 3.63) is 17.6 Å². The number of fused-ring (bicyclic) bond motifs is 2. The van der Waals surface area contributed by atoms with Crippen LogP contribution >= 0.6 is 0 Å². The van der Waals surface area contributed by atoms with Gasteiger partial charge in [0, 0.05) is 25.9 Å². The Labute approximate surface area is 127 Å². The Hall–Kier alpha value is -1.23. The fourth-order valence-electron chi connectivity index (χ4n) is 4.01. The summed E-state index contributed by atoms with van der Waals surface area (Å²) < 4.78 is 0. The van der Waals surface area contributed by atoms with Gasteiger partial charge in [-0.1, -0.05) is 25.2 Å². The molecule has 2 fully saturated rings. The molecular formula is C16H23N3OSi. The van der Waals surface area contributed by atoms with Gasteiger partial charge in [0.05, 0.1) is 5.41 Å². The number of nitrogens with zero attached hydrogens (tertiary/aromatic N) is 3. The highest BCUT2D eigenvalue weighted by Crippen LogP contribution is 2.57. The van der Waals surface area contributed by atoms with E-state index in [1.165, 1.54) is 12.1 Å². The van der Waals surface area contributed by atoms with Crippen molar-refractivity contribution in [2.75, 3.05) is 4.90 Å². The summed E-state index contributed by atoms with van der Waals surface area (Å²) in [5, 5.41) is 0. The summed E-state index contributed by atoms with van der Waals surface area (Å²) in [6, 6.07) is 3.02. The first kappa shape index (κ1) is 13.4. The maximum absolute atomic E-state index is 13.0. The van der Waals surface area contributed by atoms with Gasteiger partial charge in [-0.15, -0.1) is 0 Å². The molecule has 0 aromatic carbocycles. The van der Waals surface area contributed by atoms with E-state index in [-0.39, 0.29) is 5.41 Å². The van der Waals surface area contributed by atoms with E-state index in [4.69, 9.17) is 0 Å². The molecule has 0 unspecified atom stereocenters. The van der Waals surface area contributed by atoms with Crippen LogP contribution in [0.4, 0.5) is 5.82 Å². The standard InChI is InChI=1S/C16H23N3OSi/c1-11-17-10-13-14(18-11)19(15(20)16(13)6-7-16)12-4-8-21(2,3)9-5-12/h10,12H,4-9H2,1-3H3. The molecule has 0 radical (unpaired) electrons. The lowest BCUT2D eigenvalue weighted by molar-refractivity contribution is -0.120. The van der Waals surface area contributed by atoms with Crippen molar-refractivity contribution in [1.82, 2.24) is 9.97 Å². The molecule has 1 saturated heterocycles. The number of amides is 1. The van der Waals surface area contributed by atoms with Crippen LogP contribution in [0.25, 0.3) is 0 Å². The van der Waals surface area contributed by atoms with Gasteiger partial charge in [0.25, 0.3) is 0 Å². The van der Waals surface area contributed by atoms with Gasteiger partial charge in [-0.3, -0.25) is 9.69 Å². The molecule has 3 heterocycles. The highest BCUT2D eigenvalue weighted by molar-refractivity contribution is 6.77. The van der Waals surface area contributed by atoms with E-state index in [0.717, 1.165) is 42.9 Å². The van der Waals surface area contributed by atoms with E-state index in [2.05, 4.69) is 28.0 Å². The highest BCUT2D eigenvalue weighted by Gasteiger charge is 2.61. The third-order valence-corrected chi connectivity index (χ3v) is 8.97. The maximum atomic E-state index is 13.0. The summed E-state index contributed by atoms with van der Waals surface area (Å²) >= 11 is 0. The fourth-order valence-corrected chi connectivity index (χ4v) is 6.49. The predicted octanol–water partition coefficient (Wildman–Crippen LogP) is 3.03. The summed E-state index contributed by atoms with van der Waals surface area (Å²) in [5.41, 5.74) is 0.855. The van der Waals surface area contributed by atoms with Gasteiger partial charge in [0.1, 0.15) is 11.6 Å². The summed E-state index contributed by atoms with van der Waals surface area (Å²) in [5.74, 6) is 2.01. The fraction of sp³-hybridized carbons (Fsp3) is 0.688. The SMILES string of the molecule is Cc1ncc2c(n1)N(C1CC[Si](C)(C)CC1)C(=O)C21CC1. The Morgan fingerprint density at radius 1 is 1.29 bits per heavy atom. The number of rotatable bonds is 1. The van der Waals surface area contributed by atoms with Crippen LogP contribution in [0, 0.1) is 6.92 Å². The van der Waals surface area contributed by atoms with Gasteiger partial charge >= 0.3 is 0 Å². The third kappa shape index (κ3) is 1.89. The lowest BCUT2D eigenvalue weighted by Gasteiger charge is -2.37. The van der Waals surface area contributed by atoms with Crippen molar-refractivity contribution < 1.29 is 4.79 Å². The van der Waals surface area contributed by atoms with Crippen LogP contribution in [0.3, 0.4) is 0 Å². The van der Waals surface area contributed by atoms with E-state index < -0.39 is 8.07 Å². The molecule has 1 amide bonds. The molecule has 0 atom stereocenters. The van der Waals surface area contributed by atoms with Crippen molar-refractivity contribution in [3.8, 4) is 0 Å². The van der Waals surface area contributed by atoms with Crippen LogP contribution < -0.4 is 4.90 Å². The second-order valence-corrected chi connectivity index (χ2v) is 13.1. The Balaban J connectivity index is 1.71. The van der Waals surface area contributed by atoms with Crippen LogP contribution in [0.1, 0.15) is 37.1 Å². The molecule has 1 aliphatic carbocycles. The van der Waals surface area contributed by atoms with Gasteiger partial charge < -0.3 is 0 Å². The number of hydrogen-bond acceptors (Lipinski definition) is 3. The van der Waals surface area contributed by atoms with Gasteiger partial charge in [-0.05, 0) is 32.6 Å². The van der Waals surface area contributed by atoms with Crippen molar-refractivity contribution >= 4 is 19.8 Å². The van der Waals surface area contributed by atoms with E-state index >= 15 is 0 Å². The Morgan fingerprint density at radius 2 is 1.95 bits per heavy atom. The molecule has 4 nitrogen and oxygen atoms in total. The zero-order valence-corrected chi connectivity index (χ0v) is 14.1. The monoisotopic (exact) mass is 301 g/mol. The van der Waals surface area contributed by atoms with Crippen molar-refractivity contribution in [2.45, 2.75) is 69.2 Å². The average molecular weight is 301 g/mol. The van der Waals surface area contributed by atoms with E-state index in [0.29, 0.717) is 11.9 Å². The van der Waals surface area contributed by atoms with Gasteiger partial charge in [-0.25, -0.2) is 9.97 Å². The summed E-state index contributed by atoms with van der Waals surface area (Å²) in [4.78, 5) is 24.0. The minimum absolute atomic E-state index is 0.243. The summed E-state index contributed by atoms with van der Waals surface area (Å²) in [6.07, 6.45) is 6.18. The number of aryl methyl sites for hydroxylation is 1. The number of carbonyl (C=O) groups is 1. The second kappa shape index (κ2) is 4.15. The van der Waals surface area contributed by atoms with E-state index in [1.54, 1.807) is 0 Å². The van der Waals surface area contributed by atoms with Gasteiger partial charge in [0.2, 0.25) is 5.91 Å². The summed E-state index contributed by atoms with van der Waals surface area (Å²) in [7, 11) is -0.999. The van der Waals surface area contributed by atoms with Crippen molar-refractivity contribution in [1.29, 1.82) is 0 Å². The average Bonchev–Trinajstić information content (AvgIpc) is 3.18. The lowest BCUT2D eigenvalue weighted by Crippen LogP contribution is -2.46. The highest BCUT2D eigenvalue weighted by atomic mass is 28.3. The largest absolute Gasteiger partial charge is 0.293 e. The first-order chi connectivity index (χ1) is 9.93. The molecule has 5 heteroatoms. The minimum Gasteiger partial charge on any atom is -0.293 e. The molecule has 112 valence electrons. The van der Waals surface area contributed by atoms with Crippen molar-refractivity contribution in [2.24, 2.45) is 0 Å². The lowest BCUT2D eigenvalue weighted by atomic mass is 10.0. The van der Waals surface area contributed by atoms with Crippen LogP contribution in [0.15, 0.2) is 6.20 Å². The number of aromatic nitrogens is 2. The van der Waals surface area contributed by atoms with Crippen LogP contribution in [0.5, 0.6) is 0 Å². The number of anilines is 1. The Morgan fingerprint density at radius 3 is 2.57 bits per heavy atom.